The number of fused-ring (bicyclic) bond motifs is 1. The van der Waals surface area contributed by atoms with E-state index in [1.54, 1.807) is 13.8 Å². The zero-order chi connectivity index (χ0) is 19.9. The number of carbonyl (C=O) groups excluding carboxylic acids is 2. The summed E-state index contributed by atoms with van der Waals surface area (Å²) >= 11 is 0. The zero-order valence-corrected chi connectivity index (χ0v) is 15.5. The Morgan fingerprint density at radius 3 is 2.22 bits per heavy atom. The van der Waals surface area contributed by atoms with Crippen molar-refractivity contribution in [3.63, 3.8) is 0 Å². The van der Waals surface area contributed by atoms with Crippen LogP contribution in [-0.4, -0.2) is 30.0 Å². The van der Waals surface area contributed by atoms with Gasteiger partial charge in [-0.25, -0.2) is 9.69 Å². The van der Waals surface area contributed by atoms with Crippen LogP contribution in [0.3, 0.4) is 0 Å². The Bertz CT molecular complexity index is 1000. The topological polar surface area (TPSA) is 83.9 Å². The second kappa shape index (κ2) is 6.72. The monoisotopic (exact) mass is 365 g/mol. The van der Waals surface area contributed by atoms with Crippen LogP contribution in [0.15, 0.2) is 36.4 Å². The van der Waals surface area contributed by atoms with Crippen molar-refractivity contribution in [1.29, 1.82) is 0 Å². The number of ether oxygens (including phenoxy) is 1. The molecule has 0 aliphatic carbocycles. The molecule has 0 bridgehead atoms. The zero-order valence-electron chi connectivity index (χ0n) is 15.5. The minimum atomic E-state index is -1.11. The molecule has 3 rings (SSSR count). The maximum absolute atomic E-state index is 13.1. The molecule has 0 spiro atoms. The summed E-state index contributed by atoms with van der Waals surface area (Å²) in [5.74, 6) is -1.78. The Kier molecular flexibility index (Phi) is 4.57. The summed E-state index contributed by atoms with van der Waals surface area (Å²) in [6.07, 6.45) is 0. The fourth-order valence-electron chi connectivity index (χ4n) is 3.42. The van der Waals surface area contributed by atoms with Crippen LogP contribution in [0, 0.1) is 13.8 Å². The first-order valence-corrected chi connectivity index (χ1v) is 8.36. The second-order valence-electron chi connectivity index (χ2n) is 6.31. The van der Waals surface area contributed by atoms with Crippen molar-refractivity contribution >= 4 is 34.8 Å². The Labute approximate surface area is 156 Å². The molecule has 0 fully saturated rings. The molecule has 0 atom stereocenters. The normalized spacial score (nSPS) is 14.8. The first-order valence-electron chi connectivity index (χ1n) is 8.36. The lowest BCUT2D eigenvalue weighted by atomic mass is 9.92. The second-order valence-corrected chi connectivity index (χ2v) is 6.31. The fraction of sp³-hybridized carbons (Fsp3) is 0.190. The van der Waals surface area contributed by atoms with Gasteiger partial charge < -0.3 is 9.84 Å². The molecule has 0 unspecified atom stereocenters. The van der Waals surface area contributed by atoms with Crippen molar-refractivity contribution in [1.82, 2.24) is 0 Å². The van der Waals surface area contributed by atoms with E-state index in [0.717, 1.165) is 4.90 Å². The lowest BCUT2D eigenvalue weighted by molar-refractivity contribution is -0.122. The van der Waals surface area contributed by atoms with E-state index in [1.165, 1.54) is 20.1 Å². The Balaban J connectivity index is 2.43. The van der Waals surface area contributed by atoms with Crippen molar-refractivity contribution in [3.8, 4) is 0 Å². The Hall–Kier alpha value is -3.41. The number of hydrogen-bond donors (Lipinski definition) is 1. The van der Waals surface area contributed by atoms with Crippen LogP contribution in [0.1, 0.15) is 39.5 Å². The highest BCUT2D eigenvalue weighted by Gasteiger charge is 2.40. The molecule has 6 heteroatoms. The number of amides is 2. The third-order valence-electron chi connectivity index (χ3n) is 4.80. The lowest BCUT2D eigenvalue weighted by Crippen LogP contribution is -2.31. The van der Waals surface area contributed by atoms with E-state index in [-0.39, 0.29) is 16.8 Å². The number of imide groups is 1. The van der Waals surface area contributed by atoms with Crippen LogP contribution in [-0.2, 0) is 14.3 Å². The molecule has 1 heterocycles. The van der Waals surface area contributed by atoms with Crippen LogP contribution in [0.5, 0.6) is 0 Å². The van der Waals surface area contributed by atoms with Crippen LogP contribution in [0.25, 0.3) is 11.3 Å². The molecule has 2 amide bonds. The van der Waals surface area contributed by atoms with E-state index in [1.807, 2.05) is 30.3 Å². The van der Waals surface area contributed by atoms with Crippen molar-refractivity contribution < 1.29 is 24.2 Å². The van der Waals surface area contributed by atoms with Gasteiger partial charge in [0.25, 0.3) is 5.91 Å². The summed E-state index contributed by atoms with van der Waals surface area (Å²) < 4.78 is 5.55. The van der Waals surface area contributed by atoms with Gasteiger partial charge in [0, 0.05) is 18.1 Å². The van der Waals surface area contributed by atoms with Gasteiger partial charge in [-0.05, 0) is 31.0 Å². The summed E-state index contributed by atoms with van der Waals surface area (Å²) in [6.45, 7) is 4.71. The molecule has 0 saturated heterocycles. The number of carboxylic acid groups (broad SMARTS) is 1. The van der Waals surface area contributed by atoms with Crippen molar-refractivity contribution in [2.24, 2.45) is 0 Å². The van der Waals surface area contributed by atoms with Crippen LogP contribution in [0.4, 0.5) is 5.69 Å². The number of carbonyl (C=O) groups is 3. The molecule has 27 heavy (non-hydrogen) atoms. The maximum Gasteiger partial charge on any atom is 0.336 e. The van der Waals surface area contributed by atoms with E-state index in [4.69, 9.17) is 4.74 Å². The van der Waals surface area contributed by atoms with Crippen LogP contribution >= 0.6 is 0 Å². The largest absolute Gasteiger partial charge is 0.495 e. The summed E-state index contributed by atoms with van der Waals surface area (Å²) in [5.41, 5.74) is 2.98. The van der Waals surface area contributed by atoms with Gasteiger partial charge in [-0.15, -0.1) is 0 Å². The van der Waals surface area contributed by atoms with Crippen molar-refractivity contribution in [3.05, 3.63) is 64.2 Å². The third kappa shape index (κ3) is 2.79. The van der Waals surface area contributed by atoms with Gasteiger partial charge in [0.2, 0.25) is 5.91 Å². The van der Waals surface area contributed by atoms with E-state index >= 15 is 0 Å². The quantitative estimate of drug-likeness (QED) is 0.666. The summed E-state index contributed by atoms with van der Waals surface area (Å²) in [5, 5.41) is 9.49. The molecular formula is C21H19NO5. The standard InChI is InChI=1S/C21H19NO5/c1-11-12(2)17-16(10-15(11)21(25)26)22(13(3)23)20(24)18(17)19(27-4)14-8-6-5-7-9-14/h5-10H,1-4H3,(H,25,26)/b19-18-. The molecule has 1 N–H and O–H groups in total. The first-order chi connectivity index (χ1) is 12.8. The minimum Gasteiger partial charge on any atom is -0.495 e. The molecule has 1 aliphatic rings. The SMILES string of the molecule is CO/C(=C1\C(=O)N(C(C)=O)c2cc(C(=O)O)c(C)c(C)c21)c1ccccc1. The Morgan fingerprint density at radius 2 is 1.70 bits per heavy atom. The van der Waals surface area contributed by atoms with Gasteiger partial charge in [-0.1, -0.05) is 30.3 Å². The molecule has 1 aliphatic heterocycles. The summed E-state index contributed by atoms with van der Waals surface area (Å²) in [7, 11) is 1.46. The van der Waals surface area contributed by atoms with Gasteiger partial charge in [-0.2, -0.15) is 0 Å². The summed E-state index contributed by atoms with van der Waals surface area (Å²) in [6, 6.07) is 10.5. The highest BCUT2D eigenvalue weighted by Crippen LogP contribution is 2.44. The molecule has 0 aromatic heterocycles. The number of nitrogens with zero attached hydrogens (tertiary/aromatic N) is 1. The van der Waals surface area contributed by atoms with Crippen LogP contribution in [0.2, 0.25) is 0 Å². The molecular weight excluding hydrogens is 346 g/mol. The van der Waals surface area contributed by atoms with Gasteiger partial charge in [0.15, 0.2) is 0 Å². The fourth-order valence-corrected chi connectivity index (χ4v) is 3.42. The number of rotatable bonds is 3. The van der Waals surface area contributed by atoms with Gasteiger partial charge in [-0.3, -0.25) is 9.59 Å². The highest BCUT2D eigenvalue weighted by atomic mass is 16.5. The third-order valence-corrected chi connectivity index (χ3v) is 4.80. The highest BCUT2D eigenvalue weighted by molar-refractivity contribution is 6.43. The first kappa shape index (κ1) is 18.4. The number of anilines is 1. The average molecular weight is 365 g/mol. The molecule has 138 valence electrons. The maximum atomic E-state index is 13.1. The Morgan fingerprint density at radius 1 is 1.07 bits per heavy atom. The number of aromatic carboxylic acids is 1. The molecule has 0 radical (unpaired) electrons. The van der Waals surface area contributed by atoms with Crippen LogP contribution < -0.4 is 4.90 Å². The molecule has 6 nitrogen and oxygen atoms in total. The number of methoxy groups -OCH3 is 1. The number of hydrogen-bond acceptors (Lipinski definition) is 4. The molecule has 2 aromatic rings. The number of carboxylic acids is 1. The van der Waals surface area contributed by atoms with E-state index < -0.39 is 17.8 Å². The van der Waals surface area contributed by atoms with Gasteiger partial charge in [0.1, 0.15) is 5.76 Å². The number of benzene rings is 2. The molecule has 0 saturated carbocycles. The predicted octanol–water partition coefficient (Wildman–Crippen LogP) is 3.41. The average Bonchev–Trinajstić information content (AvgIpc) is 2.92. The van der Waals surface area contributed by atoms with E-state index in [9.17, 15) is 19.5 Å². The van der Waals surface area contributed by atoms with E-state index in [0.29, 0.717) is 28.0 Å². The summed E-state index contributed by atoms with van der Waals surface area (Å²) in [4.78, 5) is 37.9. The van der Waals surface area contributed by atoms with E-state index in [2.05, 4.69) is 0 Å². The van der Waals surface area contributed by atoms with Gasteiger partial charge in [0.05, 0.1) is 23.9 Å². The predicted molar refractivity (Wildman–Crippen MR) is 101 cm³/mol. The van der Waals surface area contributed by atoms with Gasteiger partial charge >= 0.3 is 5.97 Å². The minimum absolute atomic E-state index is 0.0604. The van der Waals surface area contributed by atoms with Crippen molar-refractivity contribution in [2.75, 3.05) is 12.0 Å². The lowest BCUT2D eigenvalue weighted by Gasteiger charge is -2.15. The smallest absolute Gasteiger partial charge is 0.336 e. The van der Waals surface area contributed by atoms with Crippen molar-refractivity contribution in [2.45, 2.75) is 20.8 Å². The molecule has 2 aromatic carbocycles.